The second-order valence-corrected chi connectivity index (χ2v) is 8.91. The molecular weight excluding hydrogens is 396 g/mol. The molecule has 1 aliphatic carbocycles. The number of aromatic nitrogens is 1. The van der Waals surface area contributed by atoms with Gasteiger partial charge < -0.3 is 14.0 Å². The van der Waals surface area contributed by atoms with Crippen LogP contribution >= 0.6 is 11.3 Å². The maximum Gasteiger partial charge on any atom is 0.208 e. The molecule has 0 bridgehead atoms. The molecule has 2 unspecified atom stereocenters. The van der Waals surface area contributed by atoms with E-state index in [1.54, 1.807) is 13.0 Å². The van der Waals surface area contributed by atoms with E-state index < -0.39 is 35.0 Å². The van der Waals surface area contributed by atoms with E-state index in [-0.39, 0.29) is 0 Å². The smallest absolute Gasteiger partial charge is 0.208 e. The SMILES string of the molecule is COC1C=C(F)C(C(=O)c2cc3cc(C)n(CC4CCOCC4)c3s2)=C(F)C1C. The summed E-state index contributed by atoms with van der Waals surface area (Å²) in [7, 11) is 1.40. The highest BCUT2D eigenvalue weighted by atomic mass is 32.1. The van der Waals surface area contributed by atoms with E-state index in [0.29, 0.717) is 10.8 Å². The van der Waals surface area contributed by atoms with Gasteiger partial charge >= 0.3 is 0 Å². The number of thiophene rings is 1. The Kier molecular flexibility index (Phi) is 5.73. The summed E-state index contributed by atoms with van der Waals surface area (Å²) in [5.41, 5.74) is 0.657. The lowest BCUT2D eigenvalue weighted by molar-refractivity contribution is 0.0615. The first kappa shape index (κ1) is 20.4. The number of carbonyl (C=O) groups excluding carboxylic acids is 1. The summed E-state index contributed by atoms with van der Waals surface area (Å²) in [5.74, 6) is -2.37. The quantitative estimate of drug-likeness (QED) is 0.610. The van der Waals surface area contributed by atoms with Gasteiger partial charge in [-0.3, -0.25) is 4.79 Å². The number of hydrogen-bond donors (Lipinski definition) is 0. The fourth-order valence-electron chi connectivity index (χ4n) is 4.17. The first-order valence-electron chi connectivity index (χ1n) is 9.93. The number of fused-ring (bicyclic) bond motifs is 1. The lowest BCUT2D eigenvalue weighted by atomic mass is 9.90. The number of Topliss-reactive ketones (excluding diaryl/α,β-unsaturated/α-hetero) is 1. The lowest BCUT2D eigenvalue weighted by Crippen LogP contribution is -2.25. The number of halogens is 2. The molecule has 2 atom stereocenters. The Balaban J connectivity index is 1.65. The summed E-state index contributed by atoms with van der Waals surface area (Å²) in [4.78, 5) is 14.3. The molecule has 0 saturated carbocycles. The summed E-state index contributed by atoms with van der Waals surface area (Å²) in [6, 6.07) is 3.78. The lowest BCUT2D eigenvalue weighted by Gasteiger charge is -2.24. The van der Waals surface area contributed by atoms with Crippen molar-refractivity contribution in [3.63, 3.8) is 0 Å². The van der Waals surface area contributed by atoms with Gasteiger partial charge in [0.15, 0.2) is 0 Å². The van der Waals surface area contributed by atoms with Crippen LogP contribution in [-0.2, 0) is 16.0 Å². The van der Waals surface area contributed by atoms with Crippen LogP contribution in [0.4, 0.5) is 8.78 Å². The summed E-state index contributed by atoms with van der Waals surface area (Å²) in [6.07, 6.45) is 2.51. The van der Waals surface area contributed by atoms with Crippen molar-refractivity contribution in [1.29, 1.82) is 0 Å². The molecule has 0 amide bonds. The minimum atomic E-state index is -0.850. The van der Waals surface area contributed by atoms with Gasteiger partial charge in [-0.2, -0.15) is 0 Å². The minimum absolute atomic E-state index is 0.354. The van der Waals surface area contributed by atoms with E-state index >= 15 is 0 Å². The molecule has 1 fully saturated rings. The maximum atomic E-state index is 14.8. The highest BCUT2D eigenvalue weighted by Gasteiger charge is 2.34. The molecule has 2 aromatic rings. The van der Waals surface area contributed by atoms with Crippen LogP contribution in [0.1, 0.15) is 35.1 Å². The first-order valence-corrected chi connectivity index (χ1v) is 10.7. The predicted octanol–water partition coefficient (Wildman–Crippen LogP) is 5.36. The van der Waals surface area contributed by atoms with Gasteiger partial charge in [0.1, 0.15) is 16.5 Å². The van der Waals surface area contributed by atoms with Gasteiger partial charge in [-0.1, -0.05) is 6.92 Å². The number of ether oxygens (including phenoxy) is 2. The molecule has 0 radical (unpaired) electrons. The zero-order valence-electron chi connectivity index (χ0n) is 16.8. The minimum Gasteiger partial charge on any atom is -0.381 e. The van der Waals surface area contributed by atoms with E-state index in [0.717, 1.165) is 48.5 Å². The zero-order chi connectivity index (χ0) is 20.7. The van der Waals surface area contributed by atoms with Crippen molar-refractivity contribution in [2.45, 2.75) is 39.3 Å². The van der Waals surface area contributed by atoms with E-state index in [1.165, 1.54) is 24.5 Å². The van der Waals surface area contributed by atoms with Crippen LogP contribution in [0.3, 0.4) is 0 Å². The summed E-state index contributed by atoms with van der Waals surface area (Å²) >= 11 is 1.30. The second-order valence-electron chi connectivity index (χ2n) is 7.88. The van der Waals surface area contributed by atoms with Crippen molar-refractivity contribution in [1.82, 2.24) is 4.57 Å². The van der Waals surface area contributed by atoms with Gasteiger partial charge in [-0.15, -0.1) is 11.3 Å². The second kappa shape index (κ2) is 8.13. The van der Waals surface area contributed by atoms with Crippen LogP contribution in [-0.4, -0.2) is 36.8 Å². The van der Waals surface area contributed by atoms with E-state index in [4.69, 9.17) is 9.47 Å². The number of hydrogen-bond acceptors (Lipinski definition) is 4. The Morgan fingerprint density at radius 3 is 2.72 bits per heavy atom. The summed E-state index contributed by atoms with van der Waals surface area (Å²) < 4.78 is 42.1. The van der Waals surface area contributed by atoms with Gasteiger partial charge in [0, 0.05) is 43.9 Å². The highest BCUT2D eigenvalue weighted by molar-refractivity contribution is 7.20. The molecule has 156 valence electrons. The van der Waals surface area contributed by atoms with Crippen LogP contribution in [0.15, 0.2) is 35.4 Å². The van der Waals surface area contributed by atoms with E-state index in [1.807, 2.05) is 13.0 Å². The standard InChI is InChI=1S/C22H25F2NO3S/c1-12-8-15-9-18(29-22(15)25(12)11-14-4-6-28-7-5-14)21(26)19-16(23)10-17(27-3)13(2)20(19)24/h8-10,13-14,17H,4-7,11H2,1-3H3. The molecule has 4 rings (SSSR count). The van der Waals surface area contributed by atoms with Crippen LogP contribution in [0.25, 0.3) is 10.2 Å². The van der Waals surface area contributed by atoms with Gasteiger partial charge in [0.2, 0.25) is 5.78 Å². The Morgan fingerprint density at radius 2 is 2.03 bits per heavy atom. The normalized spacial score (nSPS) is 23.7. The predicted molar refractivity (Wildman–Crippen MR) is 110 cm³/mol. The van der Waals surface area contributed by atoms with Crippen LogP contribution < -0.4 is 0 Å². The van der Waals surface area contributed by atoms with Gasteiger partial charge in [0.25, 0.3) is 0 Å². The van der Waals surface area contributed by atoms with Crippen molar-refractivity contribution < 1.29 is 23.0 Å². The molecule has 2 aromatic heterocycles. The van der Waals surface area contributed by atoms with E-state index in [9.17, 15) is 13.6 Å². The number of ketones is 1. The van der Waals surface area contributed by atoms with Crippen LogP contribution in [0, 0.1) is 18.8 Å². The number of allylic oxidation sites excluding steroid dienone is 2. The number of aryl methyl sites for hydroxylation is 1. The molecule has 3 heterocycles. The Hall–Kier alpha value is -1.83. The Labute approximate surface area is 172 Å². The zero-order valence-corrected chi connectivity index (χ0v) is 17.7. The van der Waals surface area contributed by atoms with Crippen molar-refractivity contribution in [2.75, 3.05) is 20.3 Å². The molecule has 0 aromatic carbocycles. The van der Waals surface area contributed by atoms with Crippen molar-refractivity contribution in [2.24, 2.45) is 11.8 Å². The molecule has 0 spiro atoms. The van der Waals surface area contributed by atoms with Crippen molar-refractivity contribution in [3.8, 4) is 0 Å². The third-order valence-corrected chi connectivity index (χ3v) is 7.13. The monoisotopic (exact) mass is 421 g/mol. The van der Waals surface area contributed by atoms with Crippen LogP contribution in [0.2, 0.25) is 0 Å². The largest absolute Gasteiger partial charge is 0.381 e. The summed E-state index contributed by atoms with van der Waals surface area (Å²) in [5, 5.41) is 0.937. The average molecular weight is 422 g/mol. The molecule has 1 aliphatic heterocycles. The Bertz CT molecular complexity index is 997. The van der Waals surface area contributed by atoms with Gasteiger partial charge in [-0.05, 0) is 43.9 Å². The van der Waals surface area contributed by atoms with Gasteiger partial charge in [-0.25, -0.2) is 8.78 Å². The molecule has 1 saturated heterocycles. The molecule has 4 nitrogen and oxygen atoms in total. The molecule has 0 N–H and O–H groups in total. The molecular formula is C22H25F2NO3S. The number of methoxy groups -OCH3 is 1. The maximum absolute atomic E-state index is 14.8. The topological polar surface area (TPSA) is 40.5 Å². The van der Waals surface area contributed by atoms with E-state index in [2.05, 4.69) is 4.57 Å². The highest BCUT2D eigenvalue weighted by Crippen LogP contribution is 2.38. The van der Waals surface area contributed by atoms with Crippen LogP contribution in [0.5, 0.6) is 0 Å². The molecule has 7 heteroatoms. The summed E-state index contributed by atoms with van der Waals surface area (Å²) in [6.45, 7) is 6.07. The number of nitrogens with zero attached hydrogens (tertiary/aromatic N) is 1. The molecule has 29 heavy (non-hydrogen) atoms. The van der Waals surface area contributed by atoms with Crippen molar-refractivity contribution in [3.05, 3.63) is 46.0 Å². The fraction of sp³-hybridized carbons (Fsp3) is 0.500. The number of carbonyl (C=O) groups is 1. The average Bonchev–Trinajstić information content (AvgIpc) is 3.24. The first-order chi connectivity index (χ1) is 13.9. The third kappa shape index (κ3) is 3.71. The fourth-order valence-corrected chi connectivity index (χ4v) is 5.32. The van der Waals surface area contributed by atoms with Crippen molar-refractivity contribution >= 4 is 27.3 Å². The van der Waals surface area contributed by atoms with Gasteiger partial charge in [0.05, 0.1) is 16.6 Å². The third-order valence-electron chi connectivity index (χ3n) is 5.96. The number of rotatable bonds is 5. The molecule has 2 aliphatic rings. The Morgan fingerprint density at radius 1 is 1.31 bits per heavy atom.